The van der Waals surface area contributed by atoms with E-state index in [4.69, 9.17) is 0 Å². The number of halogens is 1. The lowest BCUT2D eigenvalue weighted by molar-refractivity contribution is 0.537. The molecular formula is C23H27ClN4O2S. The number of nitrogens with zero attached hydrogens (tertiary/aromatic N) is 2. The van der Waals surface area contributed by atoms with Crippen LogP contribution in [0.15, 0.2) is 72.0 Å². The average molecular weight is 459 g/mol. The van der Waals surface area contributed by atoms with E-state index in [0.29, 0.717) is 6.54 Å². The molecule has 8 heteroatoms. The van der Waals surface area contributed by atoms with Gasteiger partial charge in [0.15, 0.2) is 0 Å². The van der Waals surface area contributed by atoms with E-state index in [9.17, 15) is 8.42 Å². The summed E-state index contributed by atoms with van der Waals surface area (Å²) in [5.74, 6) is 0. The maximum Gasteiger partial charge on any atom is 0.240 e. The van der Waals surface area contributed by atoms with Crippen LogP contribution in [0.2, 0.25) is 0 Å². The van der Waals surface area contributed by atoms with Crippen molar-refractivity contribution < 1.29 is 8.42 Å². The number of benzene rings is 2. The van der Waals surface area contributed by atoms with Gasteiger partial charge in [0.1, 0.15) is 0 Å². The molecule has 2 N–H and O–H groups in total. The molecule has 0 unspecified atom stereocenters. The fraction of sp³-hybridized carbons (Fsp3) is 0.261. The number of hydrogen-bond acceptors (Lipinski definition) is 4. The van der Waals surface area contributed by atoms with Gasteiger partial charge < -0.3 is 9.88 Å². The first-order valence-corrected chi connectivity index (χ1v) is 11.5. The van der Waals surface area contributed by atoms with Gasteiger partial charge in [0, 0.05) is 54.5 Å². The van der Waals surface area contributed by atoms with Crippen molar-refractivity contribution in [1.82, 2.24) is 19.6 Å². The highest BCUT2D eigenvalue weighted by Gasteiger charge is 2.17. The van der Waals surface area contributed by atoms with Crippen LogP contribution in [0.1, 0.15) is 12.5 Å². The largest absolute Gasteiger partial charge is 0.350 e. The number of nitrogens with one attached hydrogen (secondary N) is 2. The third kappa shape index (κ3) is 5.25. The summed E-state index contributed by atoms with van der Waals surface area (Å²) < 4.78 is 30.4. The second kappa shape index (κ2) is 9.78. The fourth-order valence-corrected chi connectivity index (χ4v) is 5.05. The molecule has 0 radical (unpaired) electrons. The summed E-state index contributed by atoms with van der Waals surface area (Å²) in [6.45, 7) is 3.21. The monoisotopic (exact) mass is 458 g/mol. The van der Waals surface area contributed by atoms with Crippen molar-refractivity contribution >= 4 is 44.1 Å². The fourth-order valence-electron chi connectivity index (χ4n) is 3.77. The molecule has 164 valence electrons. The summed E-state index contributed by atoms with van der Waals surface area (Å²) in [7, 11) is -1.52. The van der Waals surface area contributed by atoms with E-state index in [1.807, 2.05) is 19.1 Å². The predicted octanol–water partition coefficient (Wildman–Crippen LogP) is 3.65. The molecule has 0 saturated heterocycles. The number of sulfonamides is 1. The molecule has 0 aliphatic carbocycles. The van der Waals surface area contributed by atoms with Crippen molar-refractivity contribution in [3.05, 3.63) is 72.7 Å². The van der Waals surface area contributed by atoms with E-state index in [2.05, 4.69) is 51.0 Å². The maximum absolute atomic E-state index is 12.7. The normalized spacial score (nSPS) is 12.7. The molecule has 0 saturated carbocycles. The first-order chi connectivity index (χ1) is 14.4. The summed E-state index contributed by atoms with van der Waals surface area (Å²) >= 11 is 0. The van der Waals surface area contributed by atoms with E-state index >= 15 is 0 Å². The predicted molar refractivity (Wildman–Crippen MR) is 128 cm³/mol. The first kappa shape index (κ1) is 23.2. The molecule has 2 aromatic heterocycles. The molecule has 0 amide bonds. The Hall–Kier alpha value is -2.45. The van der Waals surface area contributed by atoms with Gasteiger partial charge in [-0.15, -0.1) is 12.4 Å². The minimum absolute atomic E-state index is 0. The van der Waals surface area contributed by atoms with Crippen LogP contribution in [0.4, 0.5) is 0 Å². The molecule has 2 aromatic carbocycles. The number of aromatic nitrogens is 2. The Balaban J connectivity index is 0.00000272. The molecule has 0 aliphatic heterocycles. The Morgan fingerprint density at radius 3 is 2.74 bits per heavy atom. The van der Waals surface area contributed by atoms with Crippen molar-refractivity contribution in [3.8, 4) is 0 Å². The van der Waals surface area contributed by atoms with Crippen molar-refractivity contribution in [1.29, 1.82) is 0 Å². The highest BCUT2D eigenvalue weighted by Crippen LogP contribution is 2.20. The van der Waals surface area contributed by atoms with Gasteiger partial charge in [-0.3, -0.25) is 4.98 Å². The molecule has 1 atom stereocenters. The lowest BCUT2D eigenvalue weighted by Crippen LogP contribution is -2.40. The lowest BCUT2D eigenvalue weighted by atomic mass is 10.1. The van der Waals surface area contributed by atoms with Crippen LogP contribution < -0.4 is 10.0 Å². The Bertz CT molecular complexity index is 1290. The van der Waals surface area contributed by atoms with Gasteiger partial charge >= 0.3 is 0 Å². The van der Waals surface area contributed by atoms with Crippen LogP contribution in [0, 0.1) is 0 Å². The lowest BCUT2D eigenvalue weighted by Gasteiger charge is -2.15. The van der Waals surface area contributed by atoms with Gasteiger partial charge in [-0.25, -0.2) is 13.1 Å². The first-order valence-electron chi connectivity index (χ1n) is 10.0. The molecule has 2 heterocycles. The summed E-state index contributed by atoms with van der Waals surface area (Å²) in [6, 6.07) is 15.0. The van der Waals surface area contributed by atoms with Gasteiger partial charge in [-0.2, -0.15) is 0 Å². The number of rotatable bonds is 8. The van der Waals surface area contributed by atoms with Crippen molar-refractivity contribution in [3.63, 3.8) is 0 Å². The Morgan fingerprint density at radius 1 is 1.10 bits per heavy atom. The maximum atomic E-state index is 12.7. The molecular weight excluding hydrogens is 432 g/mol. The smallest absolute Gasteiger partial charge is 0.240 e. The van der Waals surface area contributed by atoms with E-state index in [1.165, 1.54) is 16.5 Å². The molecule has 0 aliphatic rings. The van der Waals surface area contributed by atoms with E-state index in [1.54, 1.807) is 30.6 Å². The zero-order valence-corrected chi connectivity index (χ0v) is 19.2. The highest BCUT2D eigenvalue weighted by molar-refractivity contribution is 7.89. The van der Waals surface area contributed by atoms with Gasteiger partial charge in [0.05, 0.1) is 4.90 Å². The van der Waals surface area contributed by atoms with Crippen LogP contribution in [0.5, 0.6) is 0 Å². The minimum atomic E-state index is -3.58. The second-order valence-electron chi connectivity index (χ2n) is 7.64. The molecule has 0 bridgehead atoms. The third-order valence-corrected chi connectivity index (χ3v) is 6.87. The number of fused-ring (bicyclic) bond motifs is 2. The van der Waals surface area contributed by atoms with Crippen molar-refractivity contribution in [2.45, 2.75) is 24.3 Å². The molecule has 4 rings (SSSR count). The van der Waals surface area contributed by atoms with Gasteiger partial charge in [-0.1, -0.05) is 24.3 Å². The molecule has 6 nitrogen and oxygen atoms in total. The molecule has 31 heavy (non-hydrogen) atoms. The van der Waals surface area contributed by atoms with Crippen LogP contribution in [0.3, 0.4) is 0 Å². The van der Waals surface area contributed by atoms with E-state index < -0.39 is 10.0 Å². The second-order valence-corrected chi connectivity index (χ2v) is 9.36. The highest BCUT2D eigenvalue weighted by atomic mass is 35.5. The summed E-state index contributed by atoms with van der Waals surface area (Å²) in [5.41, 5.74) is 2.51. The molecule has 0 fully saturated rings. The van der Waals surface area contributed by atoms with Crippen LogP contribution >= 0.6 is 12.4 Å². The van der Waals surface area contributed by atoms with Crippen LogP contribution in [-0.2, 0) is 23.5 Å². The average Bonchev–Trinajstić information content (AvgIpc) is 3.06. The van der Waals surface area contributed by atoms with Gasteiger partial charge in [-0.05, 0) is 55.1 Å². The number of aryl methyl sites for hydroxylation is 1. The van der Waals surface area contributed by atoms with Crippen LogP contribution in [-0.4, -0.2) is 37.1 Å². The zero-order valence-electron chi connectivity index (χ0n) is 17.6. The van der Waals surface area contributed by atoms with Crippen molar-refractivity contribution in [2.24, 2.45) is 7.05 Å². The Kier molecular flexibility index (Phi) is 7.33. The summed E-state index contributed by atoms with van der Waals surface area (Å²) in [6.07, 6.45) is 6.43. The van der Waals surface area contributed by atoms with E-state index in [0.717, 1.165) is 23.7 Å². The Morgan fingerprint density at radius 2 is 1.90 bits per heavy atom. The topological polar surface area (TPSA) is 76.0 Å². The van der Waals surface area contributed by atoms with Crippen molar-refractivity contribution in [2.75, 3.05) is 13.1 Å². The third-order valence-electron chi connectivity index (χ3n) is 5.28. The number of para-hydroxylation sites is 1. The summed E-state index contributed by atoms with van der Waals surface area (Å²) in [4.78, 5) is 4.33. The molecule has 0 spiro atoms. The Labute approximate surface area is 189 Å². The SMILES string of the molecule is C[C@H](CNCCc1cn(C)c2ccccc12)NS(=O)(=O)c1ccc2cnccc2c1.Cl. The number of hydrogen-bond donors (Lipinski definition) is 2. The van der Waals surface area contributed by atoms with Gasteiger partial charge in [0.2, 0.25) is 10.0 Å². The standard InChI is InChI=1S/C23H26N4O2S.ClH/c1-17(14-24-12-10-20-16-27(2)23-6-4-3-5-22(20)23)26-30(28,29)21-8-7-19-15-25-11-9-18(19)13-21;/h3-9,11,13,15-17,24,26H,10,12,14H2,1-2H3;1H/t17-;/m1./s1. The zero-order chi connectivity index (χ0) is 21.1. The quantitative estimate of drug-likeness (QED) is 0.395. The summed E-state index contributed by atoms with van der Waals surface area (Å²) in [5, 5.41) is 6.40. The van der Waals surface area contributed by atoms with Gasteiger partial charge in [0.25, 0.3) is 0 Å². The van der Waals surface area contributed by atoms with Crippen LogP contribution in [0.25, 0.3) is 21.7 Å². The van der Waals surface area contributed by atoms with E-state index in [-0.39, 0.29) is 23.3 Å². The number of pyridine rings is 1. The molecule has 4 aromatic rings. The minimum Gasteiger partial charge on any atom is -0.350 e.